The fourth-order valence-corrected chi connectivity index (χ4v) is 1.87. The molecule has 102 valence electrons. The second-order valence-corrected chi connectivity index (χ2v) is 4.19. The van der Waals surface area contributed by atoms with E-state index in [0.29, 0.717) is 24.5 Å². The van der Waals surface area contributed by atoms with Gasteiger partial charge >= 0.3 is 5.97 Å². The minimum absolute atomic E-state index is 0.0908. The van der Waals surface area contributed by atoms with Gasteiger partial charge in [-0.3, -0.25) is 9.59 Å². The summed E-state index contributed by atoms with van der Waals surface area (Å²) in [7, 11) is 2.84. The lowest BCUT2D eigenvalue weighted by molar-refractivity contribution is -0.141. The van der Waals surface area contributed by atoms with Gasteiger partial charge in [-0.2, -0.15) is 0 Å². The van der Waals surface area contributed by atoms with Crippen LogP contribution in [0.5, 0.6) is 5.75 Å². The quantitative estimate of drug-likeness (QED) is 0.815. The Hall–Kier alpha value is -2.24. The monoisotopic (exact) mass is 264 g/mol. The predicted octanol–water partition coefficient (Wildman–Crippen LogP) is 0.736. The van der Waals surface area contributed by atoms with Crippen LogP contribution in [0.2, 0.25) is 0 Å². The molecule has 1 aliphatic heterocycles. The molecule has 0 fully saturated rings. The molecule has 0 unspecified atom stereocenters. The van der Waals surface area contributed by atoms with E-state index < -0.39 is 5.97 Å². The first kappa shape index (κ1) is 13.2. The molecule has 0 saturated carbocycles. The fourth-order valence-electron chi connectivity index (χ4n) is 1.87. The Morgan fingerprint density at radius 3 is 3.00 bits per heavy atom. The molecule has 0 atom stereocenters. The maximum Gasteiger partial charge on any atom is 0.325 e. The Balaban J connectivity index is 2.21. The summed E-state index contributed by atoms with van der Waals surface area (Å²) >= 11 is 0. The standard InChI is InChI=1S/C13H16N2O4/c1-15(8-11(16)18-2)13(17)9-4-3-5-10-12(9)19-7-6-14-10/h3-5,14H,6-8H2,1-2H3. The highest BCUT2D eigenvalue weighted by Crippen LogP contribution is 2.31. The minimum atomic E-state index is -0.459. The van der Waals surface area contributed by atoms with Crippen LogP contribution in [0.15, 0.2) is 18.2 Å². The molecule has 1 aliphatic rings. The van der Waals surface area contributed by atoms with Crippen molar-refractivity contribution in [2.75, 3.05) is 39.2 Å². The molecule has 1 N–H and O–H groups in total. The second kappa shape index (κ2) is 5.60. The lowest BCUT2D eigenvalue weighted by Gasteiger charge is -2.23. The van der Waals surface area contributed by atoms with E-state index in [2.05, 4.69) is 10.1 Å². The number of benzene rings is 1. The summed E-state index contributed by atoms with van der Waals surface area (Å²) in [5.41, 5.74) is 1.24. The summed E-state index contributed by atoms with van der Waals surface area (Å²) in [6.45, 7) is 1.13. The molecule has 0 saturated heterocycles. The number of rotatable bonds is 3. The smallest absolute Gasteiger partial charge is 0.325 e. The third-order valence-corrected chi connectivity index (χ3v) is 2.85. The highest BCUT2D eigenvalue weighted by atomic mass is 16.5. The van der Waals surface area contributed by atoms with Gasteiger partial charge in [-0.1, -0.05) is 6.07 Å². The van der Waals surface area contributed by atoms with E-state index in [4.69, 9.17) is 4.74 Å². The Morgan fingerprint density at radius 1 is 1.47 bits per heavy atom. The maximum absolute atomic E-state index is 12.3. The first-order chi connectivity index (χ1) is 9.13. The molecule has 6 heteroatoms. The lowest BCUT2D eigenvalue weighted by Crippen LogP contribution is -2.33. The van der Waals surface area contributed by atoms with Gasteiger partial charge in [0, 0.05) is 13.6 Å². The zero-order chi connectivity index (χ0) is 13.8. The van der Waals surface area contributed by atoms with Gasteiger partial charge in [0.05, 0.1) is 18.4 Å². The van der Waals surface area contributed by atoms with Crippen molar-refractivity contribution in [1.82, 2.24) is 4.90 Å². The molecule has 6 nitrogen and oxygen atoms in total. The number of para-hydroxylation sites is 1. The lowest BCUT2D eigenvalue weighted by atomic mass is 10.1. The average molecular weight is 264 g/mol. The third-order valence-electron chi connectivity index (χ3n) is 2.85. The summed E-state index contributed by atoms with van der Waals surface area (Å²) in [5.74, 6) is -0.193. The first-order valence-corrected chi connectivity index (χ1v) is 5.95. The van der Waals surface area contributed by atoms with Crippen LogP contribution in [0.25, 0.3) is 0 Å². The molecule has 0 aromatic heterocycles. The molecule has 1 aromatic carbocycles. The molecule has 0 aliphatic carbocycles. The summed E-state index contributed by atoms with van der Waals surface area (Å²) in [4.78, 5) is 24.8. The number of carbonyl (C=O) groups is 2. The van der Waals surface area contributed by atoms with Crippen LogP contribution in [0, 0.1) is 0 Å². The SMILES string of the molecule is COC(=O)CN(C)C(=O)c1cccc2c1OCCN2. The van der Waals surface area contributed by atoms with Gasteiger partial charge < -0.3 is 19.7 Å². The molecule has 0 radical (unpaired) electrons. The normalized spacial score (nSPS) is 12.7. The Labute approximate surface area is 111 Å². The number of nitrogens with zero attached hydrogens (tertiary/aromatic N) is 1. The van der Waals surface area contributed by atoms with Gasteiger partial charge in [-0.25, -0.2) is 0 Å². The third kappa shape index (κ3) is 2.78. The Bertz CT molecular complexity index is 501. The van der Waals surface area contributed by atoms with Crippen molar-refractivity contribution in [3.63, 3.8) is 0 Å². The second-order valence-electron chi connectivity index (χ2n) is 4.19. The van der Waals surface area contributed by atoms with Crippen LogP contribution in [0.3, 0.4) is 0 Å². The van der Waals surface area contributed by atoms with Gasteiger partial charge in [0.15, 0.2) is 5.75 Å². The highest BCUT2D eigenvalue weighted by molar-refractivity contribution is 6.00. The summed E-state index contributed by atoms with van der Waals surface area (Å²) in [6.07, 6.45) is 0. The molecule has 1 heterocycles. The number of carbonyl (C=O) groups excluding carboxylic acids is 2. The van der Waals surface area contributed by atoms with E-state index in [1.807, 2.05) is 6.07 Å². The van der Waals surface area contributed by atoms with Gasteiger partial charge in [-0.15, -0.1) is 0 Å². The highest BCUT2D eigenvalue weighted by Gasteiger charge is 2.22. The number of esters is 1. The van der Waals surface area contributed by atoms with E-state index >= 15 is 0 Å². The van der Waals surface area contributed by atoms with Crippen LogP contribution in [-0.2, 0) is 9.53 Å². The van der Waals surface area contributed by atoms with Gasteiger partial charge in [-0.05, 0) is 12.1 Å². The number of amides is 1. The maximum atomic E-state index is 12.3. The number of methoxy groups -OCH3 is 1. The molecule has 0 bridgehead atoms. The summed E-state index contributed by atoms with van der Waals surface area (Å²) in [6, 6.07) is 5.31. The van der Waals surface area contributed by atoms with Crippen LogP contribution in [0.4, 0.5) is 5.69 Å². The molecule has 1 aromatic rings. The molecule has 0 spiro atoms. The van der Waals surface area contributed by atoms with Crippen LogP contribution in [-0.4, -0.2) is 50.6 Å². The minimum Gasteiger partial charge on any atom is -0.489 e. The number of nitrogens with one attached hydrogen (secondary N) is 1. The zero-order valence-corrected chi connectivity index (χ0v) is 10.9. The van der Waals surface area contributed by atoms with Gasteiger partial charge in [0.25, 0.3) is 5.91 Å². The van der Waals surface area contributed by atoms with E-state index in [0.717, 1.165) is 5.69 Å². The largest absolute Gasteiger partial charge is 0.489 e. The zero-order valence-electron chi connectivity index (χ0n) is 10.9. The van der Waals surface area contributed by atoms with Crippen molar-refractivity contribution in [1.29, 1.82) is 0 Å². The van der Waals surface area contributed by atoms with Crippen LogP contribution >= 0.6 is 0 Å². The fraction of sp³-hybridized carbons (Fsp3) is 0.385. The number of likely N-dealkylation sites (N-methyl/N-ethyl adjacent to an activating group) is 1. The summed E-state index contributed by atoms with van der Waals surface area (Å²) < 4.78 is 10.1. The van der Waals surface area contributed by atoms with E-state index in [-0.39, 0.29) is 12.5 Å². The van der Waals surface area contributed by atoms with Crippen molar-refractivity contribution >= 4 is 17.6 Å². The van der Waals surface area contributed by atoms with Crippen LogP contribution in [0.1, 0.15) is 10.4 Å². The van der Waals surface area contributed by atoms with Crippen molar-refractivity contribution in [2.45, 2.75) is 0 Å². The van der Waals surface area contributed by atoms with E-state index in [1.165, 1.54) is 12.0 Å². The van der Waals surface area contributed by atoms with Crippen molar-refractivity contribution in [2.24, 2.45) is 0 Å². The number of hydrogen-bond donors (Lipinski definition) is 1. The number of anilines is 1. The summed E-state index contributed by atoms with van der Waals surface area (Å²) in [5, 5.41) is 3.16. The molecule has 19 heavy (non-hydrogen) atoms. The van der Waals surface area contributed by atoms with Gasteiger partial charge in [0.1, 0.15) is 13.2 Å². The van der Waals surface area contributed by atoms with Crippen LogP contribution < -0.4 is 10.1 Å². The molecule has 2 rings (SSSR count). The van der Waals surface area contributed by atoms with Crippen molar-refractivity contribution < 1.29 is 19.1 Å². The van der Waals surface area contributed by atoms with Gasteiger partial charge in [0.2, 0.25) is 0 Å². The topological polar surface area (TPSA) is 67.9 Å². The predicted molar refractivity (Wildman–Crippen MR) is 69.4 cm³/mol. The molecular formula is C13H16N2O4. The number of fused-ring (bicyclic) bond motifs is 1. The number of ether oxygens (including phenoxy) is 2. The first-order valence-electron chi connectivity index (χ1n) is 5.95. The number of hydrogen-bond acceptors (Lipinski definition) is 5. The van der Waals surface area contributed by atoms with E-state index in [9.17, 15) is 9.59 Å². The van der Waals surface area contributed by atoms with Crippen molar-refractivity contribution in [3.8, 4) is 5.75 Å². The average Bonchev–Trinajstić information content (AvgIpc) is 2.45. The molecule has 1 amide bonds. The van der Waals surface area contributed by atoms with E-state index in [1.54, 1.807) is 19.2 Å². The Morgan fingerprint density at radius 2 is 2.26 bits per heavy atom. The molecular weight excluding hydrogens is 248 g/mol. The van der Waals surface area contributed by atoms with Crippen molar-refractivity contribution in [3.05, 3.63) is 23.8 Å². The Kier molecular flexibility index (Phi) is 3.89.